The van der Waals surface area contributed by atoms with Crippen molar-refractivity contribution >= 4 is 12.0 Å². The maximum Gasteiger partial charge on any atom is 0.410 e. The zero-order valence-corrected chi connectivity index (χ0v) is 16.0. The molecule has 1 N–H and O–H groups in total. The molecule has 1 aliphatic rings. The molecule has 5 heteroatoms. The summed E-state index contributed by atoms with van der Waals surface area (Å²) in [7, 11) is 1.51. The van der Waals surface area contributed by atoms with Gasteiger partial charge < -0.3 is 15.0 Å². The monoisotopic (exact) mass is 376 g/mol. The van der Waals surface area contributed by atoms with E-state index in [9.17, 15) is 9.59 Å². The maximum atomic E-state index is 12.0. The molecule has 0 saturated carbocycles. The summed E-state index contributed by atoms with van der Waals surface area (Å²) in [5.74, 6) is 6.56. The van der Waals surface area contributed by atoms with Gasteiger partial charge in [-0.25, -0.2) is 4.79 Å². The fraction of sp³-hybridized carbons (Fsp3) is 0.304. The van der Waals surface area contributed by atoms with Crippen molar-refractivity contribution < 1.29 is 14.3 Å². The van der Waals surface area contributed by atoms with E-state index in [-0.39, 0.29) is 18.4 Å². The second-order valence-electron chi connectivity index (χ2n) is 6.71. The van der Waals surface area contributed by atoms with E-state index >= 15 is 0 Å². The molecule has 0 atom stereocenters. The molecule has 3 rings (SSSR count). The van der Waals surface area contributed by atoms with Crippen LogP contribution in [0.4, 0.5) is 4.79 Å². The second kappa shape index (κ2) is 9.61. The van der Waals surface area contributed by atoms with Gasteiger partial charge in [-0.15, -0.1) is 0 Å². The normalized spacial score (nSPS) is 14.0. The van der Waals surface area contributed by atoms with Crippen molar-refractivity contribution in [3.63, 3.8) is 0 Å². The van der Waals surface area contributed by atoms with E-state index in [0.29, 0.717) is 13.1 Å². The average Bonchev–Trinajstić information content (AvgIpc) is 2.77. The number of benzene rings is 2. The van der Waals surface area contributed by atoms with Gasteiger partial charge in [-0.3, -0.25) is 4.79 Å². The standard InChI is InChI=1S/C23H24N2O3/c1-24-22(26)17-28-23(27)25-14-12-18(13-15-25)10-11-19-6-5-9-21(16-19)20-7-3-2-4-8-20/h2-9,16,18H,12-15,17H2,1H3,(H,24,26). The molecule has 2 amide bonds. The Balaban J connectivity index is 1.54. The van der Waals surface area contributed by atoms with Crippen molar-refractivity contribution in [1.29, 1.82) is 0 Å². The predicted octanol–water partition coefficient (Wildman–Crippen LogP) is 3.30. The molecule has 0 aromatic heterocycles. The Bertz CT molecular complexity index is 875. The summed E-state index contributed by atoms with van der Waals surface area (Å²) in [5, 5.41) is 2.42. The van der Waals surface area contributed by atoms with Crippen molar-refractivity contribution in [2.24, 2.45) is 5.92 Å². The number of amides is 2. The van der Waals surface area contributed by atoms with Crippen LogP contribution in [0.2, 0.25) is 0 Å². The molecule has 0 spiro atoms. The van der Waals surface area contributed by atoms with E-state index < -0.39 is 6.09 Å². The fourth-order valence-corrected chi connectivity index (χ4v) is 3.09. The Morgan fingerprint density at radius 2 is 1.79 bits per heavy atom. The van der Waals surface area contributed by atoms with E-state index in [4.69, 9.17) is 4.74 Å². The van der Waals surface area contributed by atoms with Crippen molar-refractivity contribution in [2.45, 2.75) is 12.8 Å². The molecule has 2 aromatic rings. The van der Waals surface area contributed by atoms with Crippen molar-refractivity contribution in [3.05, 3.63) is 60.2 Å². The van der Waals surface area contributed by atoms with Crippen LogP contribution in [-0.2, 0) is 9.53 Å². The summed E-state index contributed by atoms with van der Waals surface area (Å²) in [6, 6.07) is 18.5. The Labute approximate surface area is 165 Å². The van der Waals surface area contributed by atoms with E-state index in [1.54, 1.807) is 4.90 Å². The number of nitrogens with one attached hydrogen (secondary N) is 1. The van der Waals surface area contributed by atoms with Gasteiger partial charge in [0.05, 0.1) is 0 Å². The summed E-state index contributed by atoms with van der Waals surface area (Å²) in [4.78, 5) is 24.8. The van der Waals surface area contributed by atoms with Crippen LogP contribution in [0, 0.1) is 17.8 Å². The molecular formula is C23H24N2O3. The Kier molecular flexibility index (Phi) is 6.69. The summed E-state index contributed by atoms with van der Waals surface area (Å²) < 4.78 is 4.99. The topological polar surface area (TPSA) is 58.6 Å². The van der Waals surface area contributed by atoms with E-state index in [1.165, 1.54) is 12.6 Å². The van der Waals surface area contributed by atoms with Gasteiger partial charge in [0.2, 0.25) is 0 Å². The number of rotatable bonds is 3. The molecule has 1 saturated heterocycles. The molecule has 2 aromatic carbocycles. The number of ether oxygens (including phenoxy) is 1. The average molecular weight is 376 g/mol. The molecule has 5 nitrogen and oxygen atoms in total. The number of carbonyl (C=O) groups is 2. The van der Waals surface area contributed by atoms with Crippen molar-refractivity contribution in [1.82, 2.24) is 10.2 Å². The highest BCUT2D eigenvalue weighted by molar-refractivity contribution is 5.79. The Morgan fingerprint density at radius 1 is 1.07 bits per heavy atom. The number of hydrogen-bond donors (Lipinski definition) is 1. The van der Waals surface area contributed by atoms with Gasteiger partial charge in [0, 0.05) is 31.6 Å². The largest absolute Gasteiger partial charge is 0.439 e. The van der Waals surface area contributed by atoms with Crippen LogP contribution in [0.5, 0.6) is 0 Å². The molecule has 0 unspecified atom stereocenters. The van der Waals surface area contributed by atoms with Crippen LogP contribution in [0.1, 0.15) is 18.4 Å². The quantitative estimate of drug-likeness (QED) is 0.837. The molecule has 28 heavy (non-hydrogen) atoms. The third kappa shape index (κ3) is 5.37. The maximum absolute atomic E-state index is 12.0. The molecular weight excluding hydrogens is 352 g/mol. The molecule has 0 bridgehead atoms. The fourth-order valence-electron chi connectivity index (χ4n) is 3.09. The lowest BCUT2D eigenvalue weighted by Crippen LogP contribution is -2.40. The minimum atomic E-state index is -0.439. The van der Waals surface area contributed by atoms with Crippen molar-refractivity contribution in [2.75, 3.05) is 26.7 Å². The number of likely N-dealkylation sites (tertiary alicyclic amines) is 1. The number of hydrogen-bond acceptors (Lipinski definition) is 3. The van der Waals surface area contributed by atoms with Gasteiger partial charge in [-0.2, -0.15) is 0 Å². The molecule has 0 radical (unpaired) electrons. The first-order chi connectivity index (χ1) is 13.7. The minimum Gasteiger partial charge on any atom is -0.439 e. The number of likely N-dealkylation sites (N-methyl/N-ethyl adjacent to an activating group) is 1. The number of carbonyl (C=O) groups excluding carboxylic acids is 2. The van der Waals surface area contributed by atoms with Crippen LogP contribution in [0.25, 0.3) is 11.1 Å². The number of nitrogens with zero attached hydrogens (tertiary/aromatic N) is 1. The first kappa shape index (κ1) is 19.5. The van der Waals surface area contributed by atoms with E-state index in [1.807, 2.05) is 30.3 Å². The highest BCUT2D eigenvalue weighted by atomic mass is 16.6. The second-order valence-corrected chi connectivity index (χ2v) is 6.71. The van der Waals surface area contributed by atoms with Gasteiger partial charge in [0.25, 0.3) is 5.91 Å². The predicted molar refractivity (Wildman–Crippen MR) is 108 cm³/mol. The van der Waals surface area contributed by atoms with Gasteiger partial charge in [-0.1, -0.05) is 54.3 Å². The van der Waals surface area contributed by atoms with Crippen LogP contribution < -0.4 is 5.32 Å². The molecule has 1 aliphatic heterocycles. The van der Waals surface area contributed by atoms with Gasteiger partial charge >= 0.3 is 6.09 Å². The van der Waals surface area contributed by atoms with E-state index in [0.717, 1.165) is 24.0 Å². The highest BCUT2D eigenvalue weighted by Crippen LogP contribution is 2.20. The van der Waals surface area contributed by atoms with Crippen LogP contribution in [0.15, 0.2) is 54.6 Å². The smallest absolute Gasteiger partial charge is 0.410 e. The summed E-state index contributed by atoms with van der Waals surface area (Å²) >= 11 is 0. The Hall–Kier alpha value is -3.26. The number of piperidine rings is 1. The molecule has 1 heterocycles. The third-order valence-electron chi connectivity index (χ3n) is 4.75. The zero-order chi connectivity index (χ0) is 19.8. The zero-order valence-electron chi connectivity index (χ0n) is 16.0. The Morgan fingerprint density at radius 3 is 2.50 bits per heavy atom. The lowest BCUT2D eigenvalue weighted by molar-refractivity contribution is -0.123. The SMILES string of the molecule is CNC(=O)COC(=O)N1CCC(C#Cc2cccc(-c3ccccc3)c2)CC1. The van der Waals surface area contributed by atoms with Crippen molar-refractivity contribution in [3.8, 4) is 23.0 Å². The van der Waals surface area contributed by atoms with E-state index in [2.05, 4.69) is 41.4 Å². The minimum absolute atomic E-state index is 0.243. The van der Waals surface area contributed by atoms with Gasteiger partial charge in [0.15, 0.2) is 6.61 Å². The highest BCUT2D eigenvalue weighted by Gasteiger charge is 2.23. The lowest BCUT2D eigenvalue weighted by atomic mass is 9.97. The van der Waals surface area contributed by atoms with Crippen LogP contribution >= 0.6 is 0 Å². The third-order valence-corrected chi connectivity index (χ3v) is 4.75. The summed E-state index contributed by atoms with van der Waals surface area (Å²) in [5.41, 5.74) is 3.32. The molecule has 0 aliphatic carbocycles. The van der Waals surface area contributed by atoms with Gasteiger partial charge in [-0.05, 0) is 36.1 Å². The first-order valence-corrected chi connectivity index (χ1v) is 9.45. The summed E-state index contributed by atoms with van der Waals surface area (Å²) in [6.45, 7) is 0.943. The molecule has 144 valence electrons. The summed E-state index contributed by atoms with van der Waals surface area (Å²) in [6.07, 6.45) is 1.17. The lowest BCUT2D eigenvalue weighted by Gasteiger charge is -2.28. The van der Waals surface area contributed by atoms with Crippen LogP contribution in [-0.4, -0.2) is 43.6 Å². The van der Waals surface area contributed by atoms with Gasteiger partial charge in [0.1, 0.15) is 0 Å². The first-order valence-electron chi connectivity index (χ1n) is 9.45. The van der Waals surface area contributed by atoms with Crippen LogP contribution in [0.3, 0.4) is 0 Å². The molecule has 1 fully saturated rings.